The molecule has 0 saturated heterocycles. The van der Waals surface area contributed by atoms with Gasteiger partial charge in [0.15, 0.2) is 18.0 Å². The summed E-state index contributed by atoms with van der Waals surface area (Å²) in [6, 6.07) is 11.2. The molecule has 0 spiro atoms. The molecule has 35 heavy (non-hydrogen) atoms. The van der Waals surface area contributed by atoms with E-state index >= 15 is 0 Å². The minimum absolute atomic E-state index is 0.142. The van der Waals surface area contributed by atoms with E-state index in [1.54, 1.807) is 36.4 Å². The van der Waals surface area contributed by atoms with Crippen molar-refractivity contribution in [1.29, 1.82) is 0 Å². The Morgan fingerprint density at radius 3 is 2.46 bits per heavy atom. The highest BCUT2D eigenvalue weighted by Gasteiger charge is 2.49. The van der Waals surface area contributed by atoms with Gasteiger partial charge in [0.2, 0.25) is 0 Å². The van der Waals surface area contributed by atoms with E-state index in [-0.39, 0.29) is 10.8 Å². The van der Waals surface area contributed by atoms with Crippen molar-refractivity contribution < 1.29 is 39.5 Å². The van der Waals surface area contributed by atoms with Crippen molar-refractivity contribution in [2.45, 2.75) is 30.5 Å². The molecule has 0 amide bonds. The van der Waals surface area contributed by atoms with E-state index in [1.165, 1.54) is 17.0 Å². The average molecular weight is 504 g/mol. The van der Waals surface area contributed by atoms with E-state index in [4.69, 9.17) is 27.5 Å². The highest BCUT2D eigenvalue weighted by atomic mass is 35.5. The van der Waals surface area contributed by atoms with Crippen molar-refractivity contribution in [3.8, 4) is 12.3 Å². The Balaban J connectivity index is 1.86. The Morgan fingerprint density at radius 1 is 1.17 bits per heavy atom. The molecule has 3 atom stereocenters. The summed E-state index contributed by atoms with van der Waals surface area (Å²) in [4.78, 5) is 32.3. The van der Waals surface area contributed by atoms with Crippen molar-refractivity contribution in [3.63, 3.8) is 0 Å². The molecule has 0 fully saturated rings. The summed E-state index contributed by atoms with van der Waals surface area (Å²) in [6.07, 6.45) is 2.01. The molecule has 12 heteroatoms. The minimum Gasteiger partial charge on any atom is -0.479 e. The lowest BCUT2D eigenvalue weighted by atomic mass is 9.94. The summed E-state index contributed by atoms with van der Waals surface area (Å²) in [5, 5.41) is 39.8. The standard InChI is InChI=1S/C23H22ClN3O8/c1-2-17(29)20(27-13-25-16-8-9-18(24)26-19(16)27)35-15(11-28)12-34-23(21(30)31,22(32)33)10-14-6-4-3-5-7-14/h1,3-9,13,15,17,20,28-29H,10-12H2,(H,30,31)(H,32,33)/t15-,17+,20+/m0/s1. The zero-order chi connectivity index (χ0) is 25.6. The number of benzene rings is 1. The number of hydrogen-bond donors (Lipinski definition) is 4. The highest BCUT2D eigenvalue weighted by molar-refractivity contribution is 6.29. The monoisotopic (exact) mass is 503 g/mol. The van der Waals surface area contributed by atoms with Crippen LogP contribution >= 0.6 is 11.6 Å². The zero-order valence-corrected chi connectivity index (χ0v) is 18.9. The van der Waals surface area contributed by atoms with Gasteiger partial charge < -0.3 is 29.9 Å². The van der Waals surface area contributed by atoms with Gasteiger partial charge in [-0.05, 0) is 17.7 Å². The van der Waals surface area contributed by atoms with Crippen LogP contribution in [0, 0.1) is 12.3 Å². The van der Waals surface area contributed by atoms with Crippen LogP contribution in [0.2, 0.25) is 5.15 Å². The topological polar surface area (TPSA) is 164 Å². The van der Waals surface area contributed by atoms with Crippen molar-refractivity contribution >= 4 is 34.7 Å². The van der Waals surface area contributed by atoms with E-state index in [1.807, 2.05) is 0 Å². The van der Waals surface area contributed by atoms with E-state index in [9.17, 15) is 30.0 Å². The molecule has 3 aromatic rings. The van der Waals surface area contributed by atoms with Gasteiger partial charge in [-0.1, -0.05) is 47.9 Å². The number of carbonyl (C=O) groups is 2. The van der Waals surface area contributed by atoms with Crippen LogP contribution in [-0.4, -0.2) is 77.9 Å². The molecular weight excluding hydrogens is 482 g/mol. The third-order valence-corrected chi connectivity index (χ3v) is 5.35. The van der Waals surface area contributed by atoms with Crippen LogP contribution in [0.5, 0.6) is 0 Å². The van der Waals surface area contributed by atoms with Crippen LogP contribution in [0.3, 0.4) is 0 Å². The fourth-order valence-electron chi connectivity index (χ4n) is 3.32. The second-order valence-electron chi connectivity index (χ2n) is 7.48. The summed E-state index contributed by atoms with van der Waals surface area (Å²) in [7, 11) is 0. The number of aliphatic hydroxyl groups is 2. The van der Waals surface area contributed by atoms with Crippen molar-refractivity contribution in [2.24, 2.45) is 0 Å². The first-order valence-corrected chi connectivity index (χ1v) is 10.6. The fourth-order valence-corrected chi connectivity index (χ4v) is 3.46. The molecule has 11 nitrogen and oxygen atoms in total. The summed E-state index contributed by atoms with van der Waals surface area (Å²) in [5.74, 6) is -1.35. The van der Waals surface area contributed by atoms with Crippen LogP contribution < -0.4 is 0 Å². The van der Waals surface area contributed by atoms with Gasteiger partial charge in [0, 0.05) is 6.42 Å². The number of carboxylic acids is 2. The van der Waals surface area contributed by atoms with Crippen molar-refractivity contribution in [3.05, 3.63) is 59.5 Å². The molecule has 2 heterocycles. The van der Waals surface area contributed by atoms with Crippen LogP contribution in [0.4, 0.5) is 0 Å². The lowest BCUT2D eigenvalue weighted by Crippen LogP contribution is -2.52. The molecule has 184 valence electrons. The Labute approximate surface area is 204 Å². The van der Waals surface area contributed by atoms with Crippen LogP contribution in [0.15, 0.2) is 48.8 Å². The number of aromatic nitrogens is 3. The highest BCUT2D eigenvalue weighted by Crippen LogP contribution is 2.25. The maximum Gasteiger partial charge on any atom is 0.348 e. The summed E-state index contributed by atoms with van der Waals surface area (Å²) < 4.78 is 12.4. The number of carboxylic acid groups (broad SMARTS) is 2. The van der Waals surface area contributed by atoms with Crippen molar-refractivity contribution in [1.82, 2.24) is 14.5 Å². The predicted molar refractivity (Wildman–Crippen MR) is 122 cm³/mol. The van der Waals surface area contributed by atoms with Gasteiger partial charge in [-0.2, -0.15) is 0 Å². The normalized spacial score (nSPS) is 14.2. The van der Waals surface area contributed by atoms with Gasteiger partial charge >= 0.3 is 11.9 Å². The molecule has 0 radical (unpaired) electrons. The average Bonchev–Trinajstić information content (AvgIpc) is 3.25. The lowest BCUT2D eigenvalue weighted by molar-refractivity contribution is -0.195. The molecule has 0 saturated carbocycles. The molecular formula is C23H22ClN3O8. The Hall–Kier alpha value is -3.53. The quantitative estimate of drug-likeness (QED) is 0.160. The van der Waals surface area contributed by atoms with E-state index in [2.05, 4.69) is 15.9 Å². The predicted octanol–water partition coefficient (Wildman–Crippen LogP) is 1.12. The summed E-state index contributed by atoms with van der Waals surface area (Å²) in [6.45, 7) is -1.37. The lowest BCUT2D eigenvalue weighted by Gasteiger charge is -2.30. The number of hydrogen-bond acceptors (Lipinski definition) is 8. The Morgan fingerprint density at radius 2 is 1.86 bits per heavy atom. The van der Waals surface area contributed by atoms with E-state index in [0.29, 0.717) is 11.1 Å². The third kappa shape index (κ3) is 5.76. The van der Waals surface area contributed by atoms with Gasteiger partial charge in [0.1, 0.15) is 16.8 Å². The molecule has 0 aliphatic rings. The second kappa shape index (κ2) is 11.3. The maximum absolute atomic E-state index is 12.0. The molecule has 1 aromatic carbocycles. The summed E-state index contributed by atoms with van der Waals surface area (Å²) >= 11 is 5.96. The van der Waals surface area contributed by atoms with Crippen LogP contribution in [0.25, 0.3) is 11.2 Å². The molecule has 4 N–H and O–H groups in total. The number of pyridine rings is 1. The SMILES string of the molecule is C#C[C@@H](O)[C@@H](O[C@@H](CO)COC(Cc1ccccc1)(C(=O)O)C(=O)O)n1cnc2ccc(Cl)nc21. The van der Waals surface area contributed by atoms with Gasteiger partial charge in [-0.3, -0.25) is 4.57 Å². The number of terminal acetylenes is 1. The Kier molecular flexibility index (Phi) is 8.39. The number of halogens is 1. The van der Waals surface area contributed by atoms with E-state index < -0.39 is 55.6 Å². The molecule has 0 aliphatic carbocycles. The number of rotatable bonds is 12. The number of aliphatic carboxylic acids is 2. The second-order valence-corrected chi connectivity index (χ2v) is 7.87. The number of imidazole rings is 1. The Bertz CT molecular complexity index is 1210. The largest absolute Gasteiger partial charge is 0.479 e. The maximum atomic E-state index is 12.0. The van der Waals surface area contributed by atoms with E-state index in [0.717, 1.165) is 0 Å². The first-order chi connectivity index (χ1) is 16.7. The third-order valence-electron chi connectivity index (χ3n) is 5.14. The van der Waals surface area contributed by atoms with Gasteiger partial charge in [-0.15, -0.1) is 6.42 Å². The van der Waals surface area contributed by atoms with Gasteiger partial charge in [-0.25, -0.2) is 19.6 Å². The number of nitrogens with zero attached hydrogens (tertiary/aromatic N) is 3. The molecule has 2 aromatic heterocycles. The number of ether oxygens (including phenoxy) is 2. The molecule has 0 bridgehead atoms. The van der Waals surface area contributed by atoms with Crippen LogP contribution in [-0.2, 0) is 25.5 Å². The zero-order valence-electron chi connectivity index (χ0n) is 18.2. The fraction of sp³-hybridized carbons (Fsp3) is 0.304. The molecule has 3 rings (SSSR count). The van der Waals surface area contributed by atoms with Crippen LogP contribution in [0.1, 0.15) is 11.8 Å². The first-order valence-electron chi connectivity index (χ1n) is 10.3. The van der Waals surface area contributed by atoms with Gasteiger partial charge in [0.05, 0.1) is 19.5 Å². The molecule has 0 unspecified atom stereocenters. The molecule has 0 aliphatic heterocycles. The first kappa shape index (κ1) is 26.1. The van der Waals surface area contributed by atoms with Crippen molar-refractivity contribution in [2.75, 3.05) is 13.2 Å². The number of fused-ring (bicyclic) bond motifs is 1. The summed E-state index contributed by atoms with van der Waals surface area (Å²) in [5.41, 5.74) is -1.60. The smallest absolute Gasteiger partial charge is 0.348 e. The number of aliphatic hydroxyl groups excluding tert-OH is 2. The minimum atomic E-state index is -2.66. The van der Waals surface area contributed by atoms with Gasteiger partial charge in [0.25, 0.3) is 5.60 Å².